The Morgan fingerprint density at radius 3 is 2.12 bits per heavy atom. The van der Waals surface area contributed by atoms with Gasteiger partial charge in [0.1, 0.15) is 0 Å². The van der Waals surface area contributed by atoms with E-state index in [9.17, 15) is 26.3 Å². The Kier molecular flexibility index (Phi) is 8.25. The van der Waals surface area contributed by atoms with Crippen LogP contribution in [0.4, 0.5) is 32.3 Å². The van der Waals surface area contributed by atoms with Gasteiger partial charge in [0.2, 0.25) is 0 Å². The van der Waals surface area contributed by atoms with Gasteiger partial charge in [0.15, 0.2) is 0 Å². The van der Waals surface area contributed by atoms with E-state index in [0.29, 0.717) is 41.4 Å². The van der Waals surface area contributed by atoms with Gasteiger partial charge in [-0.05, 0) is 72.0 Å². The summed E-state index contributed by atoms with van der Waals surface area (Å²) in [5.74, 6) is 0.456. The van der Waals surface area contributed by atoms with Crippen molar-refractivity contribution in [2.45, 2.75) is 70.0 Å². The maximum absolute atomic E-state index is 13.6. The lowest BCUT2D eigenvalue weighted by Crippen LogP contribution is -2.38. The van der Waals surface area contributed by atoms with Crippen molar-refractivity contribution in [2.75, 3.05) is 4.90 Å². The van der Waals surface area contributed by atoms with Crippen LogP contribution in [0.5, 0.6) is 0 Å². The van der Waals surface area contributed by atoms with Crippen LogP contribution in [0.1, 0.15) is 67.0 Å². The maximum Gasteiger partial charge on any atom is 0.416 e. The highest BCUT2D eigenvalue weighted by atomic mass is 19.4. The number of halogens is 6. The Balaban J connectivity index is 1.58. The molecule has 1 aromatic carbocycles. The highest BCUT2D eigenvalue weighted by Crippen LogP contribution is 2.38. The average molecular weight is 607 g/mol. The lowest BCUT2D eigenvalue weighted by atomic mass is 9.84. The molecule has 43 heavy (non-hydrogen) atoms. The van der Waals surface area contributed by atoms with Gasteiger partial charge in [-0.1, -0.05) is 30.8 Å². The second-order valence-electron chi connectivity index (χ2n) is 11.4. The number of nitrogens with two attached hydrogens (primary N) is 1. The Labute approximate surface area is 244 Å². The van der Waals surface area contributed by atoms with Crippen LogP contribution in [-0.4, -0.2) is 29.8 Å². The number of benzene rings is 1. The molecule has 2 N–H and O–H groups in total. The Bertz CT molecular complexity index is 1500. The van der Waals surface area contributed by atoms with E-state index < -0.39 is 29.0 Å². The highest BCUT2D eigenvalue weighted by molar-refractivity contribution is 5.43. The topological polar surface area (TPSA) is 90.7 Å². The third kappa shape index (κ3) is 7.17. The predicted octanol–water partition coefficient (Wildman–Crippen LogP) is 6.39. The van der Waals surface area contributed by atoms with Crippen LogP contribution in [-0.2, 0) is 38.0 Å². The number of anilines is 1. The fourth-order valence-corrected chi connectivity index (χ4v) is 5.83. The van der Waals surface area contributed by atoms with Crippen molar-refractivity contribution in [1.82, 2.24) is 29.8 Å². The van der Waals surface area contributed by atoms with Gasteiger partial charge in [-0.15, -0.1) is 5.10 Å². The normalized spacial score (nSPS) is 16.0. The van der Waals surface area contributed by atoms with E-state index >= 15 is 0 Å². The second-order valence-corrected chi connectivity index (χ2v) is 11.4. The summed E-state index contributed by atoms with van der Waals surface area (Å²) < 4.78 is 83.6. The molecule has 1 atom stereocenters. The van der Waals surface area contributed by atoms with Crippen molar-refractivity contribution in [1.29, 1.82) is 0 Å². The van der Waals surface area contributed by atoms with E-state index in [4.69, 9.17) is 10.7 Å². The van der Waals surface area contributed by atoms with Gasteiger partial charge in [-0.2, -0.15) is 31.1 Å². The third-order valence-electron chi connectivity index (χ3n) is 7.75. The van der Waals surface area contributed by atoms with Gasteiger partial charge in [0.25, 0.3) is 5.95 Å². The number of alkyl halides is 6. The molecular formula is C29H32F6N8. The van der Waals surface area contributed by atoms with Gasteiger partial charge in [0, 0.05) is 25.5 Å². The SMILES string of the molecule is Cn1nnc(N(Cc2cc(C(F)(F)F)cc(C(F)(F)F)c2)Cc2cc(-n3cccc3)cnc2C(C)(N)CC2CCCC2)n1. The molecule has 0 aliphatic heterocycles. The minimum atomic E-state index is -4.98. The number of tetrazole rings is 1. The summed E-state index contributed by atoms with van der Waals surface area (Å²) >= 11 is 0. The second kappa shape index (κ2) is 11.6. The number of pyridine rings is 1. The summed E-state index contributed by atoms with van der Waals surface area (Å²) in [7, 11) is 1.51. The van der Waals surface area contributed by atoms with Gasteiger partial charge in [0.05, 0.1) is 41.3 Å². The summed E-state index contributed by atoms with van der Waals surface area (Å²) in [4.78, 5) is 7.41. The van der Waals surface area contributed by atoms with E-state index in [1.54, 1.807) is 6.20 Å². The molecular weight excluding hydrogens is 574 g/mol. The third-order valence-corrected chi connectivity index (χ3v) is 7.75. The first kappa shape index (κ1) is 30.5. The molecule has 1 fully saturated rings. The molecule has 0 spiro atoms. The number of hydrogen-bond donors (Lipinski definition) is 1. The molecule has 4 aromatic rings. The molecule has 5 rings (SSSR count). The predicted molar refractivity (Wildman–Crippen MR) is 147 cm³/mol. The molecule has 230 valence electrons. The first-order valence-electron chi connectivity index (χ1n) is 13.9. The molecule has 8 nitrogen and oxygen atoms in total. The van der Waals surface area contributed by atoms with E-state index in [1.165, 1.54) is 11.9 Å². The van der Waals surface area contributed by atoms with Crippen molar-refractivity contribution in [3.8, 4) is 5.69 Å². The van der Waals surface area contributed by atoms with Gasteiger partial charge < -0.3 is 15.2 Å². The molecule has 3 aromatic heterocycles. The summed E-state index contributed by atoms with van der Waals surface area (Å²) in [5.41, 5.74) is 5.00. The lowest BCUT2D eigenvalue weighted by molar-refractivity contribution is -0.143. The lowest BCUT2D eigenvalue weighted by Gasteiger charge is -2.31. The zero-order valence-corrected chi connectivity index (χ0v) is 23.7. The zero-order chi connectivity index (χ0) is 31.0. The zero-order valence-electron chi connectivity index (χ0n) is 23.7. The summed E-state index contributed by atoms with van der Waals surface area (Å²) in [5, 5.41) is 12.1. The molecule has 0 bridgehead atoms. The maximum atomic E-state index is 13.6. The molecule has 14 heteroatoms. The van der Waals surface area contributed by atoms with E-state index in [0.717, 1.165) is 30.5 Å². The van der Waals surface area contributed by atoms with Crippen LogP contribution in [0.2, 0.25) is 0 Å². The average Bonchev–Trinajstić information content (AvgIpc) is 3.71. The first-order valence-corrected chi connectivity index (χ1v) is 13.9. The van der Waals surface area contributed by atoms with Gasteiger partial charge in [-0.3, -0.25) is 4.98 Å². The Morgan fingerprint density at radius 2 is 1.56 bits per heavy atom. The van der Waals surface area contributed by atoms with Gasteiger partial charge in [-0.25, -0.2) is 0 Å². The van der Waals surface area contributed by atoms with Crippen LogP contribution in [0.15, 0.2) is 55.0 Å². The monoisotopic (exact) mass is 606 g/mol. The summed E-state index contributed by atoms with van der Waals surface area (Å²) in [6.07, 6.45) is 0.506. The van der Waals surface area contributed by atoms with Crippen molar-refractivity contribution >= 4 is 5.95 Å². The smallest absolute Gasteiger partial charge is 0.329 e. The summed E-state index contributed by atoms with van der Waals surface area (Å²) in [6.45, 7) is 1.54. The standard InChI is InChI=1S/C29H32F6N8/c1-27(36,15-19-7-3-4-8-19)25-21(13-24(16-37-25)42-9-5-6-10-42)18-43(26-38-40-41(2)39-26)17-20-11-22(28(30,31)32)14-23(12-20)29(33,34)35/h5-6,9-14,16,19H,3-4,7-8,15,17-18,36H2,1-2H3. The minimum Gasteiger partial charge on any atom is -0.329 e. The first-order chi connectivity index (χ1) is 20.2. The van der Waals surface area contributed by atoms with Crippen molar-refractivity contribution in [2.24, 2.45) is 18.7 Å². The molecule has 3 heterocycles. The largest absolute Gasteiger partial charge is 0.416 e. The van der Waals surface area contributed by atoms with Crippen molar-refractivity contribution in [3.63, 3.8) is 0 Å². The number of aryl methyl sites for hydroxylation is 1. The Morgan fingerprint density at radius 1 is 0.930 bits per heavy atom. The van der Waals surface area contributed by atoms with Crippen LogP contribution >= 0.6 is 0 Å². The number of rotatable bonds is 9. The molecule has 0 radical (unpaired) electrons. The molecule has 1 unspecified atom stereocenters. The van der Waals surface area contributed by atoms with Crippen molar-refractivity contribution in [3.05, 3.63) is 82.9 Å². The summed E-state index contributed by atoms with van der Waals surface area (Å²) in [6, 6.07) is 7.10. The van der Waals surface area contributed by atoms with E-state index in [-0.39, 0.29) is 30.7 Å². The van der Waals surface area contributed by atoms with Crippen LogP contribution in [0, 0.1) is 5.92 Å². The van der Waals surface area contributed by atoms with Crippen LogP contribution in [0.25, 0.3) is 5.69 Å². The number of hydrogen-bond acceptors (Lipinski definition) is 6. The number of aromatic nitrogens is 6. The van der Waals surface area contributed by atoms with Crippen molar-refractivity contribution < 1.29 is 26.3 Å². The minimum absolute atomic E-state index is 0.00180. The molecule has 1 saturated carbocycles. The van der Waals surface area contributed by atoms with Crippen LogP contribution in [0.3, 0.4) is 0 Å². The fourth-order valence-electron chi connectivity index (χ4n) is 5.83. The quantitative estimate of drug-likeness (QED) is 0.222. The van der Waals surface area contributed by atoms with Crippen LogP contribution < -0.4 is 10.6 Å². The molecule has 1 aliphatic carbocycles. The molecule has 0 saturated heterocycles. The molecule has 1 aliphatic rings. The molecule has 0 amide bonds. The Hall–Kier alpha value is -3.94. The van der Waals surface area contributed by atoms with Gasteiger partial charge >= 0.3 is 12.4 Å². The van der Waals surface area contributed by atoms with E-state index in [1.807, 2.05) is 42.1 Å². The number of nitrogens with zero attached hydrogens (tertiary/aromatic N) is 7. The fraction of sp³-hybridized carbons (Fsp3) is 0.448. The van der Waals surface area contributed by atoms with E-state index in [2.05, 4.69) is 15.4 Å². The highest BCUT2D eigenvalue weighted by Gasteiger charge is 2.37.